The summed E-state index contributed by atoms with van der Waals surface area (Å²) in [6.07, 6.45) is 6.59. The first-order valence-corrected chi connectivity index (χ1v) is 7.26. The van der Waals surface area contributed by atoms with Crippen molar-refractivity contribution < 1.29 is 14.1 Å². The number of rotatable bonds is 5. The molecule has 1 aliphatic carbocycles. The van der Waals surface area contributed by atoms with Crippen LogP contribution in [0.1, 0.15) is 38.7 Å². The Labute approximate surface area is 128 Å². The fourth-order valence-electron chi connectivity index (χ4n) is 2.11. The second-order valence-corrected chi connectivity index (χ2v) is 5.44. The number of carbonyl (C=O) groups excluding carboxylic acids is 1. The van der Waals surface area contributed by atoms with Crippen LogP contribution in [0.25, 0.3) is 11.4 Å². The van der Waals surface area contributed by atoms with E-state index in [0.29, 0.717) is 11.7 Å². The minimum Gasteiger partial charge on any atom is -0.449 e. The van der Waals surface area contributed by atoms with E-state index in [9.17, 15) is 4.79 Å². The van der Waals surface area contributed by atoms with E-state index in [1.807, 2.05) is 13.0 Å². The molecule has 1 fully saturated rings. The van der Waals surface area contributed by atoms with E-state index >= 15 is 0 Å². The maximum absolute atomic E-state index is 11.8. The number of hydrogen-bond acceptors (Lipinski definition) is 6. The lowest BCUT2D eigenvalue weighted by atomic mass is 10.2. The van der Waals surface area contributed by atoms with Crippen molar-refractivity contribution in [2.45, 2.75) is 32.8 Å². The van der Waals surface area contributed by atoms with Crippen molar-refractivity contribution in [1.29, 1.82) is 0 Å². The fourth-order valence-corrected chi connectivity index (χ4v) is 2.11. The van der Waals surface area contributed by atoms with E-state index in [-0.39, 0.29) is 11.9 Å². The third-order valence-electron chi connectivity index (χ3n) is 3.57. The van der Waals surface area contributed by atoms with Gasteiger partial charge in [-0.15, -0.1) is 0 Å². The largest absolute Gasteiger partial charge is 0.449 e. The lowest BCUT2D eigenvalue weighted by molar-refractivity contribution is -0.143. The molecule has 1 aliphatic rings. The van der Waals surface area contributed by atoms with Crippen LogP contribution < -0.4 is 0 Å². The number of esters is 1. The Bertz CT molecular complexity index is 690. The van der Waals surface area contributed by atoms with Gasteiger partial charge in [0.15, 0.2) is 6.10 Å². The van der Waals surface area contributed by atoms with Crippen LogP contribution >= 0.6 is 0 Å². The molecule has 0 aliphatic heterocycles. The van der Waals surface area contributed by atoms with Crippen LogP contribution in [0, 0.1) is 5.92 Å². The summed E-state index contributed by atoms with van der Waals surface area (Å²) in [4.78, 5) is 20.1. The van der Waals surface area contributed by atoms with Crippen molar-refractivity contribution >= 4 is 5.97 Å². The van der Waals surface area contributed by atoms with Crippen molar-refractivity contribution in [3.8, 4) is 11.4 Å². The molecule has 6 heteroatoms. The van der Waals surface area contributed by atoms with Crippen molar-refractivity contribution in [3.63, 3.8) is 0 Å². The average Bonchev–Trinajstić information content (AvgIpc) is 3.25. The van der Waals surface area contributed by atoms with Gasteiger partial charge < -0.3 is 9.26 Å². The molecule has 1 atom stereocenters. The molecular weight excluding hydrogens is 282 g/mol. The Balaban J connectivity index is 1.65. The maximum Gasteiger partial charge on any atom is 0.331 e. The van der Waals surface area contributed by atoms with Gasteiger partial charge in [-0.2, -0.15) is 4.98 Å². The maximum atomic E-state index is 11.8. The lowest BCUT2D eigenvalue weighted by Crippen LogP contribution is -2.07. The molecule has 2 heterocycles. The highest BCUT2D eigenvalue weighted by molar-refractivity contribution is 5.83. The van der Waals surface area contributed by atoms with E-state index < -0.39 is 6.10 Å². The number of nitrogens with zero attached hydrogens (tertiary/aromatic N) is 3. The van der Waals surface area contributed by atoms with Gasteiger partial charge >= 0.3 is 5.97 Å². The minimum atomic E-state index is -0.589. The summed E-state index contributed by atoms with van der Waals surface area (Å²) >= 11 is 0. The Morgan fingerprint density at radius 2 is 2.32 bits per heavy atom. The van der Waals surface area contributed by atoms with Crippen LogP contribution in [0.4, 0.5) is 0 Å². The van der Waals surface area contributed by atoms with E-state index in [2.05, 4.69) is 15.1 Å². The molecule has 22 heavy (non-hydrogen) atoms. The number of ether oxygens (including phenoxy) is 1. The second-order valence-electron chi connectivity index (χ2n) is 5.44. The van der Waals surface area contributed by atoms with Gasteiger partial charge in [-0.25, -0.2) is 4.79 Å². The van der Waals surface area contributed by atoms with Crippen molar-refractivity contribution in [3.05, 3.63) is 42.1 Å². The molecule has 0 saturated heterocycles. The molecule has 0 amide bonds. The first-order valence-electron chi connectivity index (χ1n) is 7.26. The van der Waals surface area contributed by atoms with Crippen LogP contribution in [0.15, 0.2) is 40.7 Å². The molecule has 114 valence electrons. The summed E-state index contributed by atoms with van der Waals surface area (Å²) in [5.74, 6) is 0.863. The molecule has 0 bridgehead atoms. The summed E-state index contributed by atoms with van der Waals surface area (Å²) in [5, 5.41) is 3.88. The van der Waals surface area contributed by atoms with Gasteiger partial charge in [0.2, 0.25) is 5.82 Å². The number of allylic oxidation sites excluding steroid dienone is 1. The van der Waals surface area contributed by atoms with Crippen molar-refractivity contribution in [1.82, 2.24) is 15.1 Å². The summed E-state index contributed by atoms with van der Waals surface area (Å²) in [7, 11) is 0. The van der Waals surface area contributed by atoms with Crippen LogP contribution in [0.2, 0.25) is 0 Å². The standard InChI is InChI=1S/C16H17N3O3/c1-10(12-5-6-12)8-14(20)21-11(2)16-18-15(19-22-16)13-4-3-7-17-9-13/h3-4,7-9,11-12H,5-6H2,1-2H3/b10-8+/t11-/m1/s1. The Hall–Kier alpha value is -2.50. The Morgan fingerprint density at radius 1 is 1.50 bits per heavy atom. The van der Waals surface area contributed by atoms with Gasteiger partial charge in [0.25, 0.3) is 5.89 Å². The molecule has 2 aromatic rings. The summed E-state index contributed by atoms with van der Waals surface area (Å²) in [5.41, 5.74) is 1.82. The number of hydrogen-bond donors (Lipinski definition) is 0. The van der Waals surface area contributed by atoms with Crippen LogP contribution in [-0.4, -0.2) is 21.1 Å². The van der Waals surface area contributed by atoms with E-state index in [1.54, 1.807) is 31.5 Å². The van der Waals surface area contributed by atoms with Gasteiger partial charge in [-0.3, -0.25) is 4.98 Å². The lowest BCUT2D eigenvalue weighted by Gasteiger charge is -2.07. The molecule has 0 aromatic carbocycles. The van der Waals surface area contributed by atoms with Gasteiger partial charge in [0, 0.05) is 24.0 Å². The van der Waals surface area contributed by atoms with Gasteiger partial charge in [0.1, 0.15) is 0 Å². The topological polar surface area (TPSA) is 78.1 Å². The minimum absolute atomic E-state index is 0.268. The van der Waals surface area contributed by atoms with Gasteiger partial charge in [-0.1, -0.05) is 10.7 Å². The van der Waals surface area contributed by atoms with Crippen molar-refractivity contribution in [2.24, 2.45) is 5.92 Å². The molecule has 0 spiro atoms. The van der Waals surface area contributed by atoms with Gasteiger partial charge in [-0.05, 0) is 44.7 Å². The second kappa shape index (κ2) is 6.09. The van der Waals surface area contributed by atoms with E-state index in [4.69, 9.17) is 9.26 Å². The molecule has 3 rings (SSSR count). The predicted molar refractivity (Wildman–Crippen MR) is 78.5 cm³/mol. The highest BCUT2D eigenvalue weighted by Crippen LogP contribution is 2.36. The third kappa shape index (κ3) is 3.39. The summed E-state index contributed by atoms with van der Waals surface area (Å²) in [6.45, 7) is 3.66. The number of aromatic nitrogens is 3. The van der Waals surface area contributed by atoms with Crippen molar-refractivity contribution in [2.75, 3.05) is 0 Å². The normalized spacial score (nSPS) is 16.4. The highest BCUT2D eigenvalue weighted by Gasteiger charge is 2.24. The fraction of sp³-hybridized carbons (Fsp3) is 0.375. The summed E-state index contributed by atoms with van der Waals surface area (Å²) < 4.78 is 10.5. The Kier molecular flexibility index (Phi) is 4.00. The smallest absolute Gasteiger partial charge is 0.331 e. The number of carbonyl (C=O) groups is 1. The monoisotopic (exact) mass is 299 g/mol. The zero-order valence-corrected chi connectivity index (χ0v) is 12.5. The van der Waals surface area contributed by atoms with E-state index in [0.717, 1.165) is 24.0 Å². The average molecular weight is 299 g/mol. The van der Waals surface area contributed by atoms with Gasteiger partial charge in [0.05, 0.1) is 0 Å². The quantitative estimate of drug-likeness (QED) is 0.623. The molecule has 0 unspecified atom stereocenters. The van der Waals surface area contributed by atoms with Crippen LogP contribution in [0.3, 0.4) is 0 Å². The molecule has 6 nitrogen and oxygen atoms in total. The zero-order valence-electron chi connectivity index (χ0n) is 12.5. The first kappa shape index (κ1) is 14.4. The molecule has 1 saturated carbocycles. The zero-order chi connectivity index (χ0) is 15.5. The molecule has 0 radical (unpaired) electrons. The third-order valence-corrected chi connectivity index (χ3v) is 3.57. The van der Waals surface area contributed by atoms with Crippen LogP contribution in [-0.2, 0) is 9.53 Å². The predicted octanol–water partition coefficient (Wildman–Crippen LogP) is 3.09. The summed E-state index contributed by atoms with van der Waals surface area (Å²) in [6, 6.07) is 3.63. The SMILES string of the molecule is C/C(=C\C(=O)O[C@H](C)c1nc(-c2cccnc2)no1)C1CC1. The first-order chi connectivity index (χ1) is 10.6. The molecular formula is C16H17N3O3. The van der Waals surface area contributed by atoms with Crippen LogP contribution in [0.5, 0.6) is 0 Å². The molecule has 0 N–H and O–H groups in total. The highest BCUT2D eigenvalue weighted by atomic mass is 16.6. The Morgan fingerprint density at radius 3 is 3.00 bits per heavy atom. The molecule has 2 aromatic heterocycles. The van der Waals surface area contributed by atoms with E-state index in [1.165, 1.54) is 0 Å². The number of pyridine rings is 1.